The molecular weight excluding hydrogens is 446 g/mol. The third kappa shape index (κ3) is 4.85. The van der Waals surface area contributed by atoms with Gasteiger partial charge in [-0.25, -0.2) is 0 Å². The van der Waals surface area contributed by atoms with E-state index in [-0.39, 0.29) is 5.91 Å². The standard InChI is InChI=1S/C28H21NO2S2/c30-27-26(33-28(32)29(27)18-20-8-2-1-3-9-20)17-21-10-6-14-24(16-21)31-19-23-13-7-12-22-11-4-5-15-25(22)23/h1-17H,18-19H2/b26-17+. The van der Waals surface area contributed by atoms with Gasteiger partial charge in [-0.15, -0.1) is 0 Å². The molecule has 0 atom stereocenters. The molecule has 33 heavy (non-hydrogen) atoms. The van der Waals surface area contributed by atoms with Crippen LogP contribution in [0.4, 0.5) is 0 Å². The van der Waals surface area contributed by atoms with Crippen LogP contribution in [0.3, 0.4) is 0 Å². The van der Waals surface area contributed by atoms with Crippen molar-refractivity contribution in [2.75, 3.05) is 0 Å². The van der Waals surface area contributed by atoms with Gasteiger partial charge in [0.2, 0.25) is 0 Å². The number of hydrogen-bond acceptors (Lipinski definition) is 4. The van der Waals surface area contributed by atoms with Crippen molar-refractivity contribution in [3.63, 3.8) is 0 Å². The Balaban J connectivity index is 1.31. The van der Waals surface area contributed by atoms with E-state index in [0.29, 0.717) is 22.4 Å². The molecule has 0 bridgehead atoms. The van der Waals surface area contributed by atoms with Crippen LogP contribution >= 0.6 is 24.0 Å². The highest BCUT2D eigenvalue weighted by atomic mass is 32.2. The van der Waals surface area contributed by atoms with Gasteiger partial charge in [0.1, 0.15) is 16.7 Å². The lowest BCUT2D eigenvalue weighted by molar-refractivity contribution is -0.122. The number of hydrogen-bond donors (Lipinski definition) is 0. The van der Waals surface area contributed by atoms with E-state index in [4.69, 9.17) is 17.0 Å². The highest BCUT2D eigenvalue weighted by Crippen LogP contribution is 2.34. The van der Waals surface area contributed by atoms with Gasteiger partial charge in [-0.3, -0.25) is 9.69 Å². The van der Waals surface area contributed by atoms with E-state index in [1.807, 2.05) is 72.8 Å². The van der Waals surface area contributed by atoms with Crippen molar-refractivity contribution in [2.24, 2.45) is 0 Å². The van der Waals surface area contributed by atoms with Crippen LogP contribution in [-0.4, -0.2) is 15.1 Å². The Labute approximate surface area is 202 Å². The summed E-state index contributed by atoms with van der Waals surface area (Å²) in [5, 5.41) is 2.39. The zero-order chi connectivity index (χ0) is 22.6. The molecule has 1 aliphatic rings. The van der Waals surface area contributed by atoms with Crippen LogP contribution in [0.25, 0.3) is 16.8 Å². The average molecular weight is 468 g/mol. The molecule has 4 aromatic carbocycles. The number of fused-ring (bicyclic) bond motifs is 1. The van der Waals surface area contributed by atoms with Gasteiger partial charge in [0.25, 0.3) is 5.91 Å². The summed E-state index contributed by atoms with van der Waals surface area (Å²) in [4.78, 5) is 15.2. The summed E-state index contributed by atoms with van der Waals surface area (Å²) in [6.07, 6.45) is 1.88. The highest BCUT2D eigenvalue weighted by molar-refractivity contribution is 8.26. The first-order chi connectivity index (χ1) is 16.2. The van der Waals surface area contributed by atoms with Crippen LogP contribution in [0.15, 0.2) is 102 Å². The van der Waals surface area contributed by atoms with Gasteiger partial charge in [0.15, 0.2) is 0 Å². The summed E-state index contributed by atoms with van der Waals surface area (Å²) in [6.45, 7) is 0.959. The van der Waals surface area contributed by atoms with E-state index in [2.05, 4.69) is 30.3 Å². The van der Waals surface area contributed by atoms with Gasteiger partial charge in [-0.1, -0.05) is 109 Å². The van der Waals surface area contributed by atoms with E-state index in [0.717, 1.165) is 22.4 Å². The lowest BCUT2D eigenvalue weighted by atomic mass is 10.1. The Morgan fingerprint density at radius 3 is 2.52 bits per heavy atom. The van der Waals surface area contributed by atoms with E-state index < -0.39 is 0 Å². The quantitative estimate of drug-likeness (QED) is 0.230. The van der Waals surface area contributed by atoms with Crippen molar-refractivity contribution in [1.29, 1.82) is 0 Å². The molecule has 1 aliphatic heterocycles. The molecule has 0 spiro atoms. The van der Waals surface area contributed by atoms with Crippen LogP contribution in [0.5, 0.6) is 5.75 Å². The number of thiocarbonyl (C=S) groups is 1. The number of amides is 1. The number of carbonyl (C=O) groups excluding carboxylic acids is 1. The van der Waals surface area contributed by atoms with Crippen LogP contribution in [0, 0.1) is 0 Å². The van der Waals surface area contributed by atoms with E-state index in [1.165, 1.54) is 22.5 Å². The maximum Gasteiger partial charge on any atom is 0.266 e. The first-order valence-corrected chi connectivity index (χ1v) is 11.9. The summed E-state index contributed by atoms with van der Waals surface area (Å²) >= 11 is 6.81. The molecule has 162 valence electrons. The Hall–Kier alpha value is -3.41. The highest BCUT2D eigenvalue weighted by Gasteiger charge is 2.31. The number of benzene rings is 4. The minimum atomic E-state index is -0.0593. The van der Waals surface area contributed by atoms with Gasteiger partial charge in [0, 0.05) is 0 Å². The van der Waals surface area contributed by atoms with E-state index >= 15 is 0 Å². The summed E-state index contributed by atoms with van der Waals surface area (Å²) in [6, 6.07) is 32.2. The molecule has 0 N–H and O–H groups in total. The van der Waals surface area contributed by atoms with Crippen molar-refractivity contribution < 1.29 is 9.53 Å². The molecule has 0 aliphatic carbocycles. The summed E-state index contributed by atoms with van der Waals surface area (Å²) in [7, 11) is 0. The molecule has 0 radical (unpaired) electrons. The monoisotopic (exact) mass is 467 g/mol. The molecule has 3 nitrogen and oxygen atoms in total. The molecule has 0 unspecified atom stereocenters. The maximum absolute atomic E-state index is 13.0. The van der Waals surface area contributed by atoms with Crippen LogP contribution in [0.1, 0.15) is 16.7 Å². The van der Waals surface area contributed by atoms with Crippen molar-refractivity contribution in [1.82, 2.24) is 4.90 Å². The molecule has 0 saturated carbocycles. The summed E-state index contributed by atoms with van der Waals surface area (Å²) in [5.74, 6) is 0.701. The van der Waals surface area contributed by atoms with Crippen molar-refractivity contribution >= 4 is 51.1 Å². The lowest BCUT2D eigenvalue weighted by Gasteiger charge is -2.14. The lowest BCUT2D eigenvalue weighted by Crippen LogP contribution is -2.27. The van der Waals surface area contributed by atoms with E-state index in [1.54, 1.807) is 4.90 Å². The molecule has 1 heterocycles. The van der Waals surface area contributed by atoms with Gasteiger partial charge >= 0.3 is 0 Å². The fourth-order valence-electron chi connectivity index (χ4n) is 3.83. The second-order valence-electron chi connectivity index (χ2n) is 7.75. The van der Waals surface area contributed by atoms with Crippen molar-refractivity contribution in [3.05, 3.63) is 119 Å². The molecule has 5 rings (SSSR count). The predicted octanol–water partition coefficient (Wildman–Crippen LogP) is 6.82. The number of carbonyl (C=O) groups is 1. The van der Waals surface area contributed by atoms with Crippen molar-refractivity contribution in [2.45, 2.75) is 13.2 Å². The normalized spacial score (nSPS) is 14.9. The van der Waals surface area contributed by atoms with Gasteiger partial charge in [0.05, 0.1) is 11.4 Å². The molecule has 5 heteroatoms. The zero-order valence-corrected chi connectivity index (χ0v) is 19.4. The fraction of sp³-hybridized carbons (Fsp3) is 0.0714. The Morgan fingerprint density at radius 1 is 0.879 bits per heavy atom. The largest absolute Gasteiger partial charge is 0.489 e. The number of nitrogens with zero attached hydrogens (tertiary/aromatic N) is 1. The second-order valence-corrected chi connectivity index (χ2v) is 9.43. The topological polar surface area (TPSA) is 29.5 Å². The number of rotatable bonds is 6. The molecular formula is C28H21NO2S2. The number of thioether (sulfide) groups is 1. The summed E-state index contributed by atoms with van der Waals surface area (Å²) < 4.78 is 6.68. The predicted molar refractivity (Wildman–Crippen MR) is 140 cm³/mol. The van der Waals surface area contributed by atoms with Crippen LogP contribution < -0.4 is 4.74 Å². The smallest absolute Gasteiger partial charge is 0.266 e. The zero-order valence-electron chi connectivity index (χ0n) is 17.8. The molecule has 1 amide bonds. The Kier molecular flexibility index (Phi) is 6.24. The molecule has 1 saturated heterocycles. The van der Waals surface area contributed by atoms with Gasteiger partial charge in [-0.05, 0) is 45.7 Å². The fourth-order valence-corrected chi connectivity index (χ4v) is 5.08. The maximum atomic E-state index is 13.0. The third-order valence-electron chi connectivity index (χ3n) is 5.49. The summed E-state index contributed by atoms with van der Waals surface area (Å²) in [5.41, 5.74) is 3.10. The van der Waals surface area contributed by atoms with Gasteiger partial charge in [-0.2, -0.15) is 0 Å². The van der Waals surface area contributed by atoms with Gasteiger partial charge < -0.3 is 4.74 Å². The first kappa shape index (κ1) is 21.4. The minimum absolute atomic E-state index is 0.0593. The molecule has 1 fully saturated rings. The minimum Gasteiger partial charge on any atom is -0.489 e. The van der Waals surface area contributed by atoms with Crippen LogP contribution in [0.2, 0.25) is 0 Å². The third-order valence-corrected chi connectivity index (χ3v) is 6.87. The Bertz CT molecular complexity index is 1360. The first-order valence-electron chi connectivity index (χ1n) is 10.7. The second kappa shape index (κ2) is 9.61. The Morgan fingerprint density at radius 2 is 1.64 bits per heavy atom. The molecule has 4 aromatic rings. The van der Waals surface area contributed by atoms with Crippen molar-refractivity contribution in [3.8, 4) is 5.75 Å². The van der Waals surface area contributed by atoms with Crippen LogP contribution in [-0.2, 0) is 17.9 Å². The number of ether oxygens (including phenoxy) is 1. The average Bonchev–Trinajstić information content (AvgIpc) is 3.11. The molecule has 0 aromatic heterocycles. The van der Waals surface area contributed by atoms with E-state index in [9.17, 15) is 4.79 Å². The SMILES string of the molecule is O=C1/C(=C\c2cccc(OCc3cccc4ccccc34)c2)SC(=S)N1Cc1ccccc1.